The van der Waals surface area contributed by atoms with Crippen LogP contribution in [0.15, 0.2) is 24.3 Å². The molecule has 3 N–H and O–H groups in total. The second-order valence-electron chi connectivity index (χ2n) is 5.91. The third-order valence-electron chi connectivity index (χ3n) is 3.01. The topological polar surface area (TPSA) is 58.4 Å². The fourth-order valence-corrected chi connectivity index (χ4v) is 2.02. The zero-order chi connectivity index (χ0) is 15.5. The molecule has 110 valence electrons. The van der Waals surface area contributed by atoms with E-state index < -0.39 is 0 Å². The van der Waals surface area contributed by atoms with Crippen LogP contribution in [0.2, 0.25) is 0 Å². The predicted octanol–water partition coefficient (Wildman–Crippen LogP) is 2.06. The Labute approximate surface area is 126 Å². The molecule has 1 rings (SSSR count). The molecule has 0 bridgehead atoms. The smallest absolute Gasteiger partial charge is 0.242 e. The average molecular weight is 293 g/mol. The summed E-state index contributed by atoms with van der Waals surface area (Å²) in [6.45, 7) is 7.74. The lowest BCUT2D eigenvalue weighted by atomic mass is 10.1. The highest BCUT2D eigenvalue weighted by Crippen LogP contribution is 2.21. The van der Waals surface area contributed by atoms with Gasteiger partial charge in [-0.1, -0.05) is 24.4 Å². The lowest BCUT2D eigenvalue weighted by molar-refractivity contribution is -0.123. The normalized spacial score (nSPS) is 12.7. The fraction of sp³-hybridized carbons (Fsp3) is 0.467. The van der Waals surface area contributed by atoms with E-state index in [1.165, 1.54) is 0 Å². The van der Waals surface area contributed by atoms with Crippen molar-refractivity contribution >= 4 is 28.8 Å². The zero-order valence-electron chi connectivity index (χ0n) is 12.7. The van der Waals surface area contributed by atoms with E-state index in [0.717, 1.165) is 11.3 Å². The van der Waals surface area contributed by atoms with Crippen LogP contribution in [-0.2, 0) is 4.79 Å². The first-order valence-corrected chi connectivity index (χ1v) is 6.98. The first kappa shape index (κ1) is 16.4. The van der Waals surface area contributed by atoms with Gasteiger partial charge >= 0.3 is 0 Å². The van der Waals surface area contributed by atoms with Gasteiger partial charge in [0.1, 0.15) is 11.0 Å². The van der Waals surface area contributed by atoms with Crippen molar-refractivity contribution in [1.29, 1.82) is 0 Å². The lowest BCUT2D eigenvalue weighted by Gasteiger charge is -2.30. The van der Waals surface area contributed by atoms with Gasteiger partial charge < -0.3 is 16.0 Å². The number of nitrogens with two attached hydrogens (primary N) is 1. The maximum atomic E-state index is 12.2. The molecule has 0 aromatic heterocycles. The van der Waals surface area contributed by atoms with E-state index in [9.17, 15) is 4.79 Å². The van der Waals surface area contributed by atoms with Gasteiger partial charge in [0.2, 0.25) is 5.91 Å². The number of carbonyl (C=O) groups excluding carboxylic acids is 1. The van der Waals surface area contributed by atoms with Crippen LogP contribution in [0, 0.1) is 0 Å². The molecule has 1 unspecified atom stereocenters. The minimum absolute atomic E-state index is 0.0299. The van der Waals surface area contributed by atoms with Crippen molar-refractivity contribution in [3.8, 4) is 0 Å². The molecule has 1 amide bonds. The second-order valence-corrected chi connectivity index (χ2v) is 6.35. The Morgan fingerprint density at radius 1 is 1.35 bits per heavy atom. The molecular weight excluding hydrogens is 270 g/mol. The number of thiocarbonyl (C=S) groups is 1. The number of anilines is 1. The van der Waals surface area contributed by atoms with E-state index in [2.05, 4.69) is 5.32 Å². The molecule has 0 saturated heterocycles. The first-order valence-electron chi connectivity index (χ1n) is 6.57. The first-order chi connectivity index (χ1) is 9.13. The Balaban J connectivity index is 2.98. The number of carbonyl (C=O) groups is 1. The molecule has 0 aliphatic heterocycles. The van der Waals surface area contributed by atoms with Crippen molar-refractivity contribution in [1.82, 2.24) is 5.32 Å². The van der Waals surface area contributed by atoms with Gasteiger partial charge in [-0.05, 0) is 39.8 Å². The monoisotopic (exact) mass is 293 g/mol. The molecule has 0 heterocycles. The van der Waals surface area contributed by atoms with E-state index >= 15 is 0 Å². The van der Waals surface area contributed by atoms with Gasteiger partial charge in [0.25, 0.3) is 0 Å². The number of amides is 1. The Hall–Kier alpha value is -1.62. The number of hydrogen-bond donors (Lipinski definition) is 2. The minimum atomic E-state index is -0.315. The van der Waals surface area contributed by atoms with E-state index in [1.54, 1.807) is 0 Å². The van der Waals surface area contributed by atoms with Crippen molar-refractivity contribution in [2.45, 2.75) is 39.3 Å². The minimum Gasteiger partial charge on any atom is -0.389 e. The van der Waals surface area contributed by atoms with Gasteiger partial charge in [-0.2, -0.15) is 0 Å². The zero-order valence-corrected chi connectivity index (χ0v) is 13.5. The summed E-state index contributed by atoms with van der Waals surface area (Å²) in [5.41, 5.74) is 7.12. The summed E-state index contributed by atoms with van der Waals surface area (Å²) in [6, 6.07) is 7.25. The van der Waals surface area contributed by atoms with E-state index in [-0.39, 0.29) is 17.5 Å². The van der Waals surface area contributed by atoms with Gasteiger partial charge in [0, 0.05) is 23.8 Å². The Morgan fingerprint density at radius 2 is 1.90 bits per heavy atom. The number of rotatable bonds is 4. The summed E-state index contributed by atoms with van der Waals surface area (Å²) in [4.78, 5) is 14.5. The highest BCUT2D eigenvalue weighted by Gasteiger charge is 2.24. The number of likely N-dealkylation sites (N-methyl/N-ethyl adjacent to an activating group) is 1. The van der Waals surface area contributed by atoms with Crippen molar-refractivity contribution in [2.24, 2.45) is 5.73 Å². The Morgan fingerprint density at radius 3 is 2.40 bits per heavy atom. The van der Waals surface area contributed by atoms with Crippen LogP contribution in [0.3, 0.4) is 0 Å². The van der Waals surface area contributed by atoms with Gasteiger partial charge in [-0.3, -0.25) is 4.79 Å². The van der Waals surface area contributed by atoms with Gasteiger partial charge in [0.05, 0.1) is 0 Å². The molecule has 1 atom stereocenters. The van der Waals surface area contributed by atoms with E-state index in [1.807, 2.05) is 63.9 Å². The number of hydrogen-bond acceptors (Lipinski definition) is 3. The Bertz CT molecular complexity index is 508. The van der Waals surface area contributed by atoms with Crippen LogP contribution in [0.5, 0.6) is 0 Å². The fourth-order valence-electron chi connectivity index (χ4n) is 1.85. The van der Waals surface area contributed by atoms with Gasteiger partial charge in [0.15, 0.2) is 0 Å². The molecule has 0 aliphatic rings. The van der Waals surface area contributed by atoms with Crippen LogP contribution >= 0.6 is 12.2 Å². The largest absolute Gasteiger partial charge is 0.389 e. The summed E-state index contributed by atoms with van der Waals surface area (Å²) in [5, 5.41) is 2.97. The summed E-state index contributed by atoms with van der Waals surface area (Å²) >= 11 is 5.06. The standard InChI is InChI=1S/C15H23N3OS/c1-10(14(19)17-15(2,3)4)18(5)12-9-7-6-8-11(12)13(16)20/h6-10H,1-5H3,(H2,16,20)(H,17,19). The molecule has 4 nitrogen and oxygen atoms in total. The van der Waals surface area contributed by atoms with E-state index in [0.29, 0.717) is 4.99 Å². The molecule has 0 aliphatic carbocycles. The summed E-state index contributed by atoms with van der Waals surface area (Å²) in [6.07, 6.45) is 0. The highest BCUT2D eigenvalue weighted by molar-refractivity contribution is 7.80. The predicted molar refractivity (Wildman–Crippen MR) is 88.1 cm³/mol. The maximum absolute atomic E-state index is 12.2. The molecule has 1 aromatic rings. The van der Waals surface area contributed by atoms with Crippen molar-refractivity contribution in [2.75, 3.05) is 11.9 Å². The second kappa shape index (κ2) is 6.22. The third-order valence-corrected chi connectivity index (χ3v) is 3.23. The van der Waals surface area contributed by atoms with Gasteiger partial charge in [-0.25, -0.2) is 0 Å². The van der Waals surface area contributed by atoms with Crippen molar-refractivity contribution in [3.63, 3.8) is 0 Å². The SMILES string of the molecule is CC(C(=O)NC(C)(C)C)N(C)c1ccccc1C(N)=S. The van der Waals surface area contributed by atoms with Crippen LogP contribution in [-0.4, -0.2) is 29.5 Å². The van der Waals surface area contributed by atoms with Gasteiger partial charge in [-0.15, -0.1) is 0 Å². The summed E-state index contributed by atoms with van der Waals surface area (Å²) < 4.78 is 0. The maximum Gasteiger partial charge on any atom is 0.242 e. The number of para-hydroxylation sites is 1. The average Bonchev–Trinajstić information content (AvgIpc) is 2.34. The molecule has 0 fully saturated rings. The molecule has 20 heavy (non-hydrogen) atoms. The molecule has 0 radical (unpaired) electrons. The third kappa shape index (κ3) is 4.20. The molecule has 1 aromatic carbocycles. The van der Waals surface area contributed by atoms with Crippen LogP contribution in [0.25, 0.3) is 0 Å². The number of nitrogens with zero attached hydrogens (tertiary/aromatic N) is 1. The van der Waals surface area contributed by atoms with Crippen molar-refractivity contribution in [3.05, 3.63) is 29.8 Å². The van der Waals surface area contributed by atoms with Crippen LogP contribution in [0.1, 0.15) is 33.3 Å². The number of benzene rings is 1. The van der Waals surface area contributed by atoms with Crippen molar-refractivity contribution < 1.29 is 4.79 Å². The summed E-state index contributed by atoms with van der Waals surface area (Å²) in [7, 11) is 1.87. The lowest BCUT2D eigenvalue weighted by Crippen LogP contribution is -2.50. The van der Waals surface area contributed by atoms with Crippen LogP contribution in [0.4, 0.5) is 5.69 Å². The highest BCUT2D eigenvalue weighted by atomic mass is 32.1. The molecule has 0 spiro atoms. The molecule has 0 saturated carbocycles. The van der Waals surface area contributed by atoms with E-state index in [4.69, 9.17) is 18.0 Å². The quantitative estimate of drug-likeness (QED) is 0.834. The number of nitrogens with one attached hydrogen (secondary N) is 1. The molecule has 5 heteroatoms. The summed E-state index contributed by atoms with van der Waals surface area (Å²) in [5.74, 6) is -0.0299. The molecular formula is C15H23N3OS. The Kier molecular flexibility index (Phi) is 5.11. The van der Waals surface area contributed by atoms with Crippen LogP contribution < -0.4 is 16.0 Å².